The van der Waals surface area contributed by atoms with E-state index in [-0.39, 0.29) is 18.5 Å². The van der Waals surface area contributed by atoms with Crippen molar-refractivity contribution in [2.24, 2.45) is 0 Å². The summed E-state index contributed by atoms with van der Waals surface area (Å²) in [5.74, 6) is 1.44. The van der Waals surface area contributed by atoms with Crippen LogP contribution in [0.2, 0.25) is 0 Å². The Morgan fingerprint density at radius 3 is 2.39 bits per heavy atom. The van der Waals surface area contributed by atoms with Gasteiger partial charge in [-0.2, -0.15) is 4.98 Å². The molecule has 1 atom stereocenters. The monoisotopic (exact) mass is 379 g/mol. The van der Waals surface area contributed by atoms with Gasteiger partial charge in [-0.1, -0.05) is 53.2 Å². The zero-order valence-electron chi connectivity index (χ0n) is 16.6. The van der Waals surface area contributed by atoms with Gasteiger partial charge in [0.15, 0.2) is 6.10 Å². The number of carbonyl (C=O) groups excluding carboxylic acids is 1. The molecule has 0 N–H and O–H groups in total. The van der Waals surface area contributed by atoms with Crippen LogP contribution in [0.25, 0.3) is 11.4 Å². The maximum Gasteiger partial charge on any atom is 0.264 e. The lowest BCUT2D eigenvalue weighted by atomic mass is 10.2. The van der Waals surface area contributed by atoms with Crippen molar-refractivity contribution in [2.75, 3.05) is 0 Å². The summed E-state index contributed by atoms with van der Waals surface area (Å²) in [6.45, 7) is 7.89. The van der Waals surface area contributed by atoms with Crippen LogP contribution in [0, 0.1) is 6.92 Å². The van der Waals surface area contributed by atoms with Crippen molar-refractivity contribution >= 4 is 5.91 Å². The summed E-state index contributed by atoms with van der Waals surface area (Å²) in [4.78, 5) is 19.1. The number of rotatable bonds is 7. The third-order valence-corrected chi connectivity index (χ3v) is 4.39. The smallest absolute Gasteiger partial charge is 0.264 e. The van der Waals surface area contributed by atoms with Crippen LogP contribution < -0.4 is 4.74 Å². The van der Waals surface area contributed by atoms with Gasteiger partial charge in [-0.05, 0) is 39.8 Å². The van der Waals surface area contributed by atoms with Crippen LogP contribution in [-0.2, 0) is 11.3 Å². The van der Waals surface area contributed by atoms with E-state index in [1.807, 2.05) is 75.4 Å². The highest BCUT2D eigenvalue weighted by Crippen LogP contribution is 2.18. The van der Waals surface area contributed by atoms with Crippen molar-refractivity contribution in [2.45, 2.75) is 46.4 Å². The number of amides is 1. The number of aromatic nitrogens is 2. The van der Waals surface area contributed by atoms with Crippen LogP contribution in [0.15, 0.2) is 59.1 Å². The van der Waals surface area contributed by atoms with E-state index in [1.165, 1.54) is 0 Å². The Balaban J connectivity index is 1.70. The molecule has 3 aromatic rings. The van der Waals surface area contributed by atoms with Gasteiger partial charge >= 0.3 is 0 Å². The maximum atomic E-state index is 12.9. The van der Waals surface area contributed by atoms with Gasteiger partial charge in [0.2, 0.25) is 11.7 Å². The molecule has 146 valence electrons. The van der Waals surface area contributed by atoms with Gasteiger partial charge in [-0.3, -0.25) is 4.79 Å². The molecule has 0 saturated carbocycles. The Morgan fingerprint density at radius 2 is 1.75 bits per heavy atom. The van der Waals surface area contributed by atoms with E-state index in [4.69, 9.17) is 9.26 Å². The van der Waals surface area contributed by atoms with Gasteiger partial charge in [-0.15, -0.1) is 0 Å². The number of carbonyl (C=O) groups is 1. The quantitative estimate of drug-likeness (QED) is 0.614. The molecule has 0 saturated heterocycles. The van der Waals surface area contributed by atoms with Gasteiger partial charge in [0.1, 0.15) is 12.3 Å². The maximum absolute atomic E-state index is 12.9. The van der Waals surface area contributed by atoms with Gasteiger partial charge in [-0.25, -0.2) is 0 Å². The van der Waals surface area contributed by atoms with Crippen LogP contribution in [0.4, 0.5) is 0 Å². The van der Waals surface area contributed by atoms with Crippen LogP contribution >= 0.6 is 0 Å². The Labute approximate surface area is 165 Å². The molecule has 0 fully saturated rings. The normalized spacial score (nSPS) is 12.0. The molecule has 0 spiro atoms. The van der Waals surface area contributed by atoms with Crippen molar-refractivity contribution in [3.63, 3.8) is 0 Å². The van der Waals surface area contributed by atoms with E-state index in [2.05, 4.69) is 10.1 Å². The van der Waals surface area contributed by atoms with E-state index >= 15 is 0 Å². The second-order valence-electron chi connectivity index (χ2n) is 7.01. The molecule has 2 aromatic carbocycles. The second-order valence-corrected chi connectivity index (χ2v) is 7.01. The topological polar surface area (TPSA) is 68.5 Å². The molecule has 6 nitrogen and oxygen atoms in total. The molecule has 0 radical (unpaired) electrons. The minimum atomic E-state index is -0.623. The molecule has 1 aromatic heterocycles. The van der Waals surface area contributed by atoms with Gasteiger partial charge in [0.25, 0.3) is 5.91 Å². The standard InChI is InChI=1S/C22H25N3O3/c1-15(2)25(22(26)17(4)27-19-12-10-16(3)11-13-19)14-20-23-21(24-28-20)18-8-6-5-7-9-18/h5-13,15,17H,14H2,1-4H3/t17-/m1/s1. The Bertz CT molecular complexity index is 904. The minimum absolute atomic E-state index is 0.0383. The fourth-order valence-electron chi connectivity index (χ4n) is 2.79. The Kier molecular flexibility index (Phi) is 6.09. The first-order valence-corrected chi connectivity index (χ1v) is 9.36. The predicted octanol–water partition coefficient (Wildman–Crippen LogP) is 4.25. The summed E-state index contributed by atoms with van der Waals surface area (Å²) in [7, 11) is 0. The van der Waals surface area contributed by atoms with Crippen molar-refractivity contribution < 1.29 is 14.1 Å². The fraction of sp³-hybridized carbons (Fsp3) is 0.318. The van der Waals surface area contributed by atoms with E-state index < -0.39 is 6.10 Å². The number of benzene rings is 2. The van der Waals surface area contributed by atoms with Crippen LogP contribution in [0.1, 0.15) is 32.2 Å². The zero-order chi connectivity index (χ0) is 20.1. The lowest BCUT2D eigenvalue weighted by Gasteiger charge is -2.28. The summed E-state index contributed by atoms with van der Waals surface area (Å²) in [6.07, 6.45) is -0.623. The molecule has 1 heterocycles. The summed E-state index contributed by atoms with van der Waals surface area (Å²) in [5, 5.41) is 4.02. The molecular formula is C22H25N3O3. The SMILES string of the molecule is Cc1ccc(O[C@H](C)C(=O)N(Cc2nc(-c3ccccc3)no2)C(C)C)cc1. The van der Waals surface area contributed by atoms with Crippen LogP contribution in [-0.4, -0.2) is 33.1 Å². The van der Waals surface area contributed by atoms with Gasteiger partial charge in [0.05, 0.1) is 0 Å². The first-order chi connectivity index (χ1) is 13.4. The summed E-state index contributed by atoms with van der Waals surface area (Å²) in [5.41, 5.74) is 2.01. The fourth-order valence-corrected chi connectivity index (χ4v) is 2.79. The third kappa shape index (κ3) is 4.76. The molecule has 0 aliphatic rings. The van der Waals surface area contributed by atoms with Crippen molar-refractivity contribution in [3.05, 3.63) is 66.1 Å². The molecule has 0 unspecified atom stereocenters. The molecule has 6 heteroatoms. The van der Waals surface area contributed by atoms with E-state index in [0.29, 0.717) is 17.5 Å². The van der Waals surface area contributed by atoms with Crippen molar-refractivity contribution in [1.82, 2.24) is 15.0 Å². The third-order valence-electron chi connectivity index (χ3n) is 4.39. The van der Waals surface area contributed by atoms with Crippen molar-refractivity contribution in [3.8, 4) is 17.1 Å². The molecule has 0 aliphatic carbocycles. The van der Waals surface area contributed by atoms with Crippen LogP contribution in [0.3, 0.4) is 0 Å². The highest BCUT2D eigenvalue weighted by molar-refractivity contribution is 5.81. The minimum Gasteiger partial charge on any atom is -0.481 e. The van der Waals surface area contributed by atoms with Gasteiger partial charge in [0, 0.05) is 11.6 Å². The summed E-state index contributed by atoms with van der Waals surface area (Å²) < 4.78 is 11.2. The molecule has 28 heavy (non-hydrogen) atoms. The molecule has 1 amide bonds. The number of nitrogens with zero attached hydrogens (tertiary/aromatic N) is 3. The summed E-state index contributed by atoms with van der Waals surface area (Å²) in [6, 6.07) is 17.2. The van der Waals surface area contributed by atoms with Crippen molar-refractivity contribution in [1.29, 1.82) is 0 Å². The highest BCUT2D eigenvalue weighted by Gasteiger charge is 2.26. The Hall–Kier alpha value is -3.15. The first kappa shape index (κ1) is 19.6. The molecular weight excluding hydrogens is 354 g/mol. The lowest BCUT2D eigenvalue weighted by Crippen LogP contribution is -2.43. The average Bonchev–Trinajstić information content (AvgIpc) is 3.16. The van der Waals surface area contributed by atoms with E-state index in [9.17, 15) is 4.79 Å². The van der Waals surface area contributed by atoms with E-state index in [1.54, 1.807) is 11.8 Å². The lowest BCUT2D eigenvalue weighted by molar-refractivity contribution is -0.140. The number of aryl methyl sites for hydroxylation is 1. The first-order valence-electron chi connectivity index (χ1n) is 9.36. The largest absolute Gasteiger partial charge is 0.481 e. The summed E-state index contributed by atoms with van der Waals surface area (Å²) >= 11 is 0. The molecule has 3 rings (SSSR count). The predicted molar refractivity (Wildman–Crippen MR) is 107 cm³/mol. The highest BCUT2D eigenvalue weighted by atomic mass is 16.5. The second kappa shape index (κ2) is 8.69. The van der Waals surface area contributed by atoms with E-state index in [0.717, 1.165) is 11.1 Å². The average molecular weight is 379 g/mol. The van der Waals surface area contributed by atoms with Crippen LogP contribution in [0.5, 0.6) is 5.75 Å². The Morgan fingerprint density at radius 1 is 1.07 bits per heavy atom. The molecule has 0 aliphatic heterocycles. The zero-order valence-corrected chi connectivity index (χ0v) is 16.6. The number of ether oxygens (including phenoxy) is 1. The van der Waals surface area contributed by atoms with Gasteiger partial charge < -0.3 is 14.2 Å². The number of hydrogen-bond acceptors (Lipinski definition) is 5. The molecule has 0 bridgehead atoms. The number of hydrogen-bond donors (Lipinski definition) is 0.